The van der Waals surface area contributed by atoms with Gasteiger partial charge < -0.3 is 30.4 Å². The number of aryl methyl sites for hydroxylation is 4. The van der Waals surface area contributed by atoms with Crippen LogP contribution in [0.1, 0.15) is 71.7 Å². The summed E-state index contributed by atoms with van der Waals surface area (Å²) in [5, 5.41) is 39.7. The van der Waals surface area contributed by atoms with E-state index < -0.39 is 35.2 Å². The molecule has 12 heteroatoms. The number of H-pyrrole nitrogens is 2. The van der Waals surface area contributed by atoms with E-state index in [1.807, 2.05) is 32.9 Å². The molecule has 0 saturated heterocycles. The Morgan fingerprint density at radius 1 is 0.780 bits per heavy atom. The van der Waals surface area contributed by atoms with Crippen molar-refractivity contribution >= 4 is 62.7 Å². The number of carboxylic acids is 4. The van der Waals surface area contributed by atoms with Gasteiger partial charge in [0.2, 0.25) is 0 Å². The summed E-state index contributed by atoms with van der Waals surface area (Å²) in [6, 6.07) is 7.17. The lowest BCUT2D eigenvalue weighted by atomic mass is 9.64. The monoisotopic (exact) mass is 676 g/mol. The van der Waals surface area contributed by atoms with Crippen LogP contribution in [0, 0.1) is 19.8 Å². The number of aromatic amines is 2. The number of nitrogens with one attached hydrogen (secondary N) is 2. The van der Waals surface area contributed by atoms with Gasteiger partial charge in [-0.05, 0) is 98.2 Å². The SMILES string of the molecule is C=CC1=C(C)c2cc3nc(cc4[nH]c(cc5[nH]c(cc1n2)c(C)c5CCC(=O)O)c(CCC(=O)O)c4C)[C@@]1(C)C3=CC=C(C(=O)O)[C@H]1C(=O)O. The molecule has 5 heterocycles. The fourth-order valence-corrected chi connectivity index (χ4v) is 7.38. The molecule has 6 N–H and O–H groups in total. The van der Waals surface area contributed by atoms with E-state index >= 15 is 0 Å². The fraction of sp³-hybridized carbons (Fsp3) is 0.263. The van der Waals surface area contributed by atoms with Crippen molar-refractivity contribution in [3.05, 3.63) is 99.7 Å². The molecule has 6 rings (SSSR count). The Kier molecular flexibility index (Phi) is 8.42. The Bertz CT molecular complexity index is 2320. The van der Waals surface area contributed by atoms with Crippen LogP contribution in [-0.2, 0) is 37.4 Å². The molecular weight excluding hydrogens is 640 g/mol. The molecule has 50 heavy (non-hydrogen) atoms. The zero-order chi connectivity index (χ0) is 36.2. The normalized spacial score (nSPS) is 18.3. The van der Waals surface area contributed by atoms with Crippen LogP contribution in [-0.4, -0.2) is 64.2 Å². The molecule has 0 aromatic carbocycles. The summed E-state index contributed by atoms with van der Waals surface area (Å²) in [6.07, 6.45) is 4.76. The van der Waals surface area contributed by atoms with Crippen molar-refractivity contribution in [2.75, 3.05) is 0 Å². The summed E-state index contributed by atoms with van der Waals surface area (Å²) in [5.41, 5.74) is 7.83. The van der Waals surface area contributed by atoms with Crippen molar-refractivity contribution < 1.29 is 39.6 Å². The predicted molar refractivity (Wildman–Crippen MR) is 187 cm³/mol. The van der Waals surface area contributed by atoms with Gasteiger partial charge >= 0.3 is 23.9 Å². The van der Waals surface area contributed by atoms with Crippen molar-refractivity contribution in [2.45, 2.75) is 58.8 Å². The second-order valence-corrected chi connectivity index (χ2v) is 13.0. The minimum absolute atomic E-state index is 0.108. The third kappa shape index (κ3) is 5.52. The van der Waals surface area contributed by atoms with Gasteiger partial charge in [0.15, 0.2) is 0 Å². The Morgan fingerprint density at radius 3 is 1.88 bits per heavy atom. The highest BCUT2D eigenvalue weighted by Crippen LogP contribution is 2.52. The summed E-state index contributed by atoms with van der Waals surface area (Å²) in [4.78, 5) is 65.3. The molecule has 0 unspecified atom stereocenters. The van der Waals surface area contributed by atoms with Crippen LogP contribution >= 0.6 is 0 Å². The number of allylic oxidation sites excluding steroid dienone is 6. The predicted octanol–water partition coefficient (Wildman–Crippen LogP) is 6.15. The first-order chi connectivity index (χ1) is 23.6. The van der Waals surface area contributed by atoms with Crippen molar-refractivity contribution in [1.82, 2.24) is 19.9 Å². The average Bonchev–Trinajstić information content (AvgIpc) is 3.69. The molecule has 0 saturated carbocycles. The summed E-state index contributed by atoms with van der Waals surface area (Å²) in [5.74, 6) is -6.08. The lowest BCUT2D eigenvalue weighted by Crippen LogP contribution is -2.41. The van der Waals surface area contributed by atoms with E-state index in [1.54, 1.807) is 31.2 Å². The maximum atomic E-state index is 12.9. The first kappa shape index (κ1) is 33.8. The number of fused-ring (bicyclic) bond motifs is 11. The number of rotatable bonds is 9. The van der Waals surface area contributed by atoms with Gasteiger partial charge in [-0.2, -0.15) is 0 Å². The first-order valence-electron chi connectivity index (χ1n) is 16.1. The minimum atomic E-state index is -1.48. The highest BCUT2D eigenvalue weighted by atomic mass is 16.4. The zero-order valence-corrected chi connectivity index (χ0v) is 28.0. The molecule has 2 atom stereocenters. The maximum Gasteiger partial charge on any atom is 0.332 e. The number of hydrogen-bond donors (Lipinski definition) is 6. The van der Waals surface area contributed by atoms with Crippen LogP contribution in [0.4, 0.5) is 0 Å². The third-order valence-electron chi connectivity index (χ3n) is 10.1. The van der Waals surface area contributed by atoms with E-state index in [-0.39, 0.29) is 31.3 Å². The summed E-state index contributed by atoms with van der Waals surface area (Å²) < 4.78 is 0. The molecule has 0 radical (unpaired) electrons. The van der Waals surface area contributed by atoms with Crippen LogP contribution in [0.25, 0.3) is 38.8 Å². The largest absolute Gasteiger partial charge is 0.481 e. The van der Waals surface area contributed by atoms with Gasteiger partial charge in [0, 0.05) is 40.5 Å². The van der Waals surface area contributed by atoms with Crippen molar-refractivity contribution in [2.24, 2.45) is 5.92 Å². The second kappa shape index (κ2) is 12.4. The minimum Gasteiger partial charge on any atom is -0.481 e. The van der Waals surface area contributed by atoms with Gasteiger partial charge in [0.25, 0.3) is 0 Å². The standard InChI is InChI=1S/C38H36N4O8/c1-6-20-17(2)26-14-31-24-10-7-23(36(47)48)35(37(49)50)38(24,5)32(42-31)16-27-19(4)22(9-12-34(45)46)30(41-27)15-29-21(8-11-33(43)44)18(3)25(40-29)13-28(20)39-26/h6-7,10,13-16,35,40-41H,1,8-9,11-12H2,2-5H3,(H,43,44)(H,45,46)(H,47,48)(H,49,50)/t35-,38+/m0/s1. The molecule has 256 valence electrons. The Hall–Kier alpha value is -6.04. The Balaban J connectivity index is 1.80. The average molecular weight is 677 g/mol. The van der Waals surface area contributed by atoms with Gasteiger partial charge in [0.1, 0.15) is 5.92 Å². The maximum absolute atomic E-state index is 12.9. The van der Waals surface area contributed by atoms with Gasteiger partial charge in [-0.1, -0.05) is 24.8 Å². The van der Waals surface area contributed by atoms with Crippen LogP contribution in [0.5, 0.6) is 0 Å². The molecule has 0 spiro atoms. The first-order valence-corrected chi connectivity index (χ1v) is 16.1. The lowest BCUT2D eigenvalue weighted by molar-refractivity contribution is -0.145. The quantitative estimate of drug-likeness (QED) is 0.152. The molecule has 0 fully saturated rings. The van der Waals surface area contributed by atoms with E-state index in [0.717, 1.165) is 22.3 Å². The topological polar surface area (TPSA) is 207 Å². The van der Waals surface area contributed by atoms with Gasteiger partial charge in [-0.25, -0.2) is 9.78 Å². The second-order valence-electron chi connectivity index (χ2n) is 13.0. The molecular formula is C38H36N4O8. The number of hydrogen-bond acceptors (Lipinski definition) is 6. The van der Waals surface area contributed by atoms with Crippen molar-refractivity contribution in [3.8, 4) is 0 Å². The third-order valence-corrected chi connectivity index (χ3v) is 10.1. The van der Waals surface area contributed by atoms with E-state index in [2.05, 4.69) is 16.5 Å². The Morgan fingerprint density at radius 2 is 1.36 bits per heavy atom. The summed E-state index contributed by atoms with van der Waals surface area (Å²) >= 11 is 0. The lowest BCUT2D eigenvalue weighted by Gasteiger charge is -2.35. The number of carbonyl (C=O) groups is 4. The number of aliphatic carboxylic acids is 4. The molecule has 0 amide bonds. The smallest absolute Gasteiger partial charge is 0.332 e. The molecule has 2 aliphatic heterocycles. The fourth-order valence-electron chi connectivity index (χ4n) is 7.38. The number of carboxylic acid groups (broad SMARTS) is 4. The summed E-state index contributed by atoms with van der Waals surface area (Å²) in [7, 11) is 0. The molecule has 3 aromatic rings. The van der Waals surface area contributed by atoms with Crippen LogP contribution in [0.3, 0.4) is 0 Å². The Labute approximate surface area is 286 Å². The van der Waals surface area contributed by atoms with Gasteiger partial charge in [0.05, 0.1) is 33.8 Å². The van der Waals surface area contributed by atoms with Crippen molar-refractivity contribution in [3.63, 3.8) is 0 Å². The molecule has 8 bridgehead atoms. The highest BCUT2D eigenvalue weighted by molar-refractivity contribution is 6.01. The van der Waals surface area contributed by atoms with Crippen LogP contribution in [0.15, 0.2) is 54.6 Å². The van der Waals surface area contributed by atoms with E-state index in [0.29, 0.717) is 61.5 Å². The molecule has 12 nitrogen and oxygen atoms in total. The molecule has 3 aliphatic rings. The number of aromatic nitrogens is 4. The van der Waals surface area contributed by atoms with Crippen LogP contribution < -0.4 is 0 Å². The molecule has 1 aliphatic carbocycles. The summed E-state index contributed by atoms with van der Waals surface area (Å²) in [6.45, 7) is 11.3. The highest BCUT2D eigenvalue weighted by Gasteiger charge is 2.53. The van der Waals surface area contributed by atoms with E-state index in [1.165, 1.54) is 6.08 Å². The van der Waals surface area contributed by atoms with Gasteiger partial charge in [-0.3, -0.25) is 19.4 Å². The van der Waals surface area contributed by atoms with E-state index in [9.17, 15) is 39.6 Å². The molecule has 3 aromatic heterocycles. The van der Waals surface area contributed by atoms with Crippen molar-refractivity contribution in [1.29, 1.82) is 0 Å². The van der Waals surface area contributed by atoms with Crippen LogP contribution in [0.2, 0.25) is 0 Å². The number of nitrogens with zero attached hydrogens (tertiary/aromatic N) is 2. The van der Waals surface area contributed by atoms with E-state index in [4.69, 9.17) is 9.97 Å². The zero-order valence-electron chi connectivity index (χ0n) is 28.0. The van der Waals surface area contributed by atoms with Gasteiger partial charge in [-0.15, -0.1) is 0 Å².